The molecule has 1 amide bonds. The van der Waals surface area contributed by atoms with Gasteiger partial charge in [0, 0.05) is 30.2 Å². The largest absolute Gasteiger partial charge is 0.486 e. The van der Waals surface area contributed by atoms with E-state index in [0.717, 1.165) is 37.0 Å². The summed E-state index contributed by atoms with van der Waals surface area (Å²) in [5.41, 5.74) is 2.48. The fraction of sp³-hybridized carbons (Fsp3) is 0.333. The number of hydrogen-bond acceptors (Lipinski definition) is 6. The van der Waals surface area contributed by atoms with Crippen molar-refractivity contribution in [3.8, 4) is 34.3 Å². The normalized spacial score (nSPS) is 17.9. The van der Waals surface area contributed by atoms with Gasteiger partial charge in [0.1, 0.15) is 13.2 Å². The lowest BCUT2D eigenvalue weighted by molar-refractivity contribution is -0.105. The maximum atomic E-state index is 13.1. The Balaban J connectivity index is 1.22. The summed E-state index contributed by atoms with van der Waals surface area (Å²) >= 11 is 0. The van der Waals surface area contributed by atoms with E-state index in [1.807, 2.05) is 36.4 Å². The summed E-state index contributed by atoms with van der Waals surface area (Å²) in [7, 11) is 0. The smallest absolute Gasteiger partial charge is 0.259 e. The zero-order valence-electron chi connectivity index (χ0n) is 17.5. The van der Waals surface area contributed by atoms with Gasteiger partial charge in [-0.25, -0.2) is 0 Å². The van der Waals surface area contributed by atoms with Crippen LogP contribution in [0.25, 0.3) is 11.3 Å². The molecule has 32 heavy (non-hydrogen) atoms. The van der Waals surface area contributed by atoms with Gasteiger partial charge in [-0.2, -0.15) is 5.10 Å². The predicted molar refractivity (Wildman–Crippen MR) is 116 cm³/mol. The van der Waals surface area contributed by atoms with Gasteiger partial charge in [-0.1, -0.05) is 6.42 Å². The molecule has 2 aromatic carbocycles. The monoisotopic (exact) mass is 433 g/mol. The molecule has 1 aromatic heterocycles. The van der Waals surface area contributed by atoms with Crippen LogP contribution in [0.4, 0.5) is 5.69 Å². The number of ether oxygens (including phenoxy) is 4. The number of rotatable bonds is 3. The number of nitrogens with zero attached hydrogens (tertiary/aromatic N) is 1. The molecule has 0 bridgehead atoms. The lowest BCUT2D eigenvalue weighted by Gasteiger charge is -2.31. The van der Waals surface area contributed by atoms with Crippen molar-refractivity contribution in [1.82, 2.24) is 10.2 Å². The molecule has 1 fully saturated rings. The Morgan fingerprint density at radius 1 is 0.906 bits per heavy atom. The van der Waals surface area contributed by atoms with Crippen molar-refractivity contribution in [2.24, 2.45) is 0 Å². The molecular weight excluding hydrogens is 410 g/mol. The van der Waals surface area contributed by atoms with Gasteiger partial charge >= 0.3 is 0 Å². The van der Waals surface area contributed by atoms with Gasteiger partial charge in [0.2, 0.25) is 0 Å². The molecule has 2 aliphatic heterocycles. The van der Waals surface area contributed by atoms with Crippen LogP contribution in [-0.2, 0) is 0 Å². The first-order chi connectivity index (χ1) is 15.7. The van der Waals surface area contributed by atoms with E-state index in [1.54, 1.807) is 0 Å². The summed E-state index contributed by atoms with van der Waals surface area (Å²) in [5.74, 6) is 1.94. The van der Waals surface area contributed by atoms with Crippen molar-refractivity contribution in [2.75, 3.05) is 18.5 Å². The molecule has 8 nitrogen and oxygen atoms in total. The fourth-order valence-corrected chi connectivity index (χ4v) is 4.54. The molecule has 164 valence electrons. The van der Waals surface area contributed by atoms with E-state index in [4.69, 9.17) is 18.9 Å². The van der Waals surface area contributed by atoms with Gasteiger partial charge in [-0.15, -0.1) is 0 Å². The molecule has 0 unspecified atom stereocenters. The third-order valence-corrected chi connectivity index (χ3v) is 6.12. The van der Waals surface area contributed by atoms with Crippen molar-refractivity contribution < 1.29 is 23.7 Å². The summed E-state index contributed by atoms with van der Waals surface area (Å²) in [4.78, 5) is 13.1. The molecule has 3 heterocycles. The van der Waals surface area contributed by atoms with Crippen LogP contribution in [0.2, 0.25) is 0 Å². The molecule has 1 spiro atoms. The first kappa shape index (κ1) is 19.0. The predicted octanol–water partition coefficient (Wildman–Crippen LogP) is 4.53. The van der Waals surface area contributed by atoms with Crippen LogP contribution in [0, 0.1) is 0 Å². The van der Waals surface area contributed by atoms with E-state index >= 15 is 0 Å². The first-order valence-corrected chi connectivity index (χ1v) is 11.0. The Hall–Kier alpha value is -3.68. The fourth-order valence-electron chi connectivity index (χ4n) is 4.54. The number of aromatic amines is 1. The van der Waals surface area contributed by atoms with Gasteiger partial charge in [-0.05, 0) is 43.2 Å². The maximum Gasteiger partial charge on any atom is 0.259 e. The van der Waals surface area contributed by atoms with E-state index < -0.39 is 5.79 Å². The zero-order chi connectivity index (χ0) is 21.5. The van der Waals surface area contributed by atoms with Gasteiger partial charge in [0.15, 0.2) is 23.0 Å². The average molecular weight is 433 g/mol. The Labute approximate surface area is 184 Å². The molecule has 1 saturated carbocycles. The van der Waals surface area contributed by atoms with Crippen LogP contribution in [0.1, 0.15) is 42.5 Å². The van der Waals surface area contributed by atoms with Crippen molar-refractivity contribution in [2.45, 2.75) is 37.9 Å². The lowest BCUT2D eigenvalue weighted by Crippen LogP contribution is -2.40. The molecule has 8 heteroatoms. The average Bonchev–Trinajstić information content (AvgIpc) is 3.44. The number of fused-ring (bicyclic) bond motifs is 2. The van der Waals surface area contributed by atoms with Crippen LogP contribution in [0.15, 0.2) is 42.6 Å². The second kappa shape index (κ2) is 7.47. The first-order valence-electron chi connectivity index (χ1n) is 11.0. The van der Waals surface area contributed by atoms with Crippen molar-refractivity contribution in [3.63, 3.8) is 0 Å². The minimum atomic E-state index is -0.542. The molecule has 3 aliphatic rings. The van der Waals surface area contributed by atoms with Crippen molar-refractivity contribution in [1.29, 1.82) is 0 Å². The number of carbonyl (C=O) groups is 1. The van der Waals surface area contributed by atoms with Gasteiger partial charge in [-0.3, -0.25) is 9.89 Å². The summed E-state index contributed by atoms with van der Waals surface area (Å²) in [6, 6.07) is 11.1. The van der Waals surface area contributed by atoms with E-state index in [1.165, 1.54) is 12.6 Å². The molecule has 2 N–H and O–H groups in total. The summed E-state index contributed by atoms with van der Waals surface area (Å²) < 4.78 is 23.5. The Morgan fingerprint density at radius 3 is 2.56 bits per heavy atom. The number of anilines is 1. The van der Waals surface area contributed by atoms with Crippen LogP contribution in [-0.4, -0.2) is 35.1 Å². The lowest BCUT2D eigenvalue weighted by atomic mass is 9.94. The quantitative estimate of drug-likeness (QED) is 0.630. The molecule has 1 aliphatic carbocycles. The highest BCUT2D eigenvalue weighted by Crippen LogP contribution is 2.46. The number of aromatic nitrogens is 2. The Morgan fingerprint density at radius 2 is 1.69 bits per heavy atom. The summed E-state index contributed by atoms with van der Waals surface area (Å²) in [6.07, 6.45) is 6.70. The van der Waals surface area contributed by atoms with Crippen LogP contribution in [0.3, 0.4) is 0 Å². The number of carbonyl (C=O) groups excluding carboxylic acids is 1. The van der Waals surface area contributed by atoms with Crippen LogP contribution >= 0.6 is 0 Å². The summed E-state index contributed by atoms with van der Waals surface area (Å²) in [5, 5.41) is 9.96. The van der Waals surface area contributed by atoms with Gasteiger partial charge in [0.25, 0.3) is 11.7 Å². The van der Waals surface area contributed by atoms with Gasteiger partial charge in [0.05, 0.1) is 17.5 Å². The molecule has 6 rings (SSSR count). The highest BCUT2D eigenvalue weighted by Gasteiger charge is 2.42. The number of hydrogen-bond donors (Lipinski definition) is 2. The van der Waals surface area contributed by atoms with E-state index in [2.05, 4.69) is 15.5 Å². The molecule has 0 radical (unpaired) electrons. The standard InChI is InChI=1S/C24H23N3O5/c28-23(17-14-25-27-22(17)15-4-6-18-20(12-15)30-11-10-29-18)26-16-5-7-19-21(13-16)32-24(31-19)8-2-1-3-9-24/h4-7,12-14H,1-3,8-11H2,(H,25,27)(H,26,28). The van der Waals surface area contributed by atoms with E-state index in [9.17, 15) is 4.79 Å². The molecule has 0 atom stereocenters. The molecular formula is C24H23N3O5. The SMILES string of the molecule is O=C(Nc1ccc2c(c1)OC1(CCCCC1)O2)c1cn[nH]c1-c1ccc2c(c1)OCCO2. The van der Waals surface area contributed by atoms with E-state index in [-0.39, 0.29) is 5.91 Å². The topological polar surface area (TPSA) is 94.7 Å². The second-order valence-corrected chi connectivity index (χ2v) is 8.31. The van der Waals surface area contributed by atoms with Crippen LogP contribution in [0.5, 0.6) is 23.0 Å². The van der Waals surface area contributed by atoms with Crippen LogP contribution < -0.4 is 24.3 Å². The number of amides is 1. The van der Waals surface area contributed by atoms with E-state index in [0.29, 0.717) is 47.4 Å². The minimum absolute atomic E-state index is 0.269. The maximum absolute atomic E-state index is 13.1. The Kier molecular flexibility index (Phi) is 4.45. The number of nitrogens with one attached hydrogen (secondary N) is 2. The highest BCUT2D eigenvalue weighted by atomic mass is 16.7. The molecule has 0 saturated heterocycles. The highest BCUT2D eigenvalue weighted by molar-refractivity contribution is 6.08. The van der Waals surface area contributed by atoms with Crippen molar-refractivity contribution in [3.05, 3.63) is 48.2 Å². The summed E-state index contributed by atoms with van der Waals surface area (Å²) in [6.45, 7) is 1.03. The molecule has 3 aromatic rings. The van der Waals surface area contributed by atoms with Crippen molar-refractivity contribution >= 4 is 11.6 Å². The third kappa shape index (κ3) is 3.32. The third-order valence-electron chi connectivity index (χ3n) is 6.12. The second-order valence-electron chi connectivity index (χ2n) is 8.31. The minimum Gasteiger partial charge on any atom is -0.486 e. The zero-order valence-corrected chi connectivity index (χ0v) is 17.5. The Bertz CT molecular complexity index is 1180. The number of benzene rings is 2. The number of H-pyrrole nitrogens is 1. The van der Waals surface area contributed by atoms with Gasteiger partial charge < -0.3 is 24.3 Å².